The molecule has 0 amide bonds. The lowest BCUT2D eigenvalue weighted by molar-refractivity contribution is 0.893. The average molecular weight is 312 g/mol. The summed E-state index contributed by atoms with van der Waals surface area (Å²) < 4.78 is 1.06. The van der Waals surface area contributed by atoms with Gasteiger partial charge in [0.1, 0.15) is 0 Å². The normalized spacial score (nSPS) is 10.5. The van der Waals surface area contributed by atoms with Gasteiger partial charge in [-0.25, -0.2) is 4.98 Å². The smallest absolute Gasteiger partial charge is 0.0795 e. The molecule has 2 N–H and O–H groups in total. The van der Waals surface area contributed by atoms with Gasteiger partial charge in [0.25, 0.3) is 0 Å². The lowest BCUT2D eigenvalue weighted by atomic mass is 10.2. The van der Waals surface area contributed by atoms with Crippen molar-refractivity contribution in [1.29, 1.82) is 0 Å². The van der Waals surface area contributed by atoms with Crippen LogP contribution in [-0.2, 0) is 13.1 Å². The molecule has 0 fully saturated rings. The summed E-state index contributed by atoms with van der Waals surface area (Å²) in [6.45, 7) is 1.37. The third kappa shape index (κ3) is 3.06. The van der Waals surface area contributed by atoms with E-state index in [2.05, 4.69) is 56.4 Å². The minimum atomic E-state index is 0.552. The number of hydrogen-bond donors (Lipinski definition) is 1. The fourth-order valence-corrected chi connectivity index (χ4v) is 2.67. The minimum absolute atomic E-state index is 0.552. The number of anilines is 1. The van der Waals surface area contributed by atoms with Gasteiger partial charge < -0.3 is 10.6 Å². The van der Waals surface area contributed by atoms with Crippen molar-refractivity contribution >= 4 is 33.0 Å². The van der Waals surface area contributed by atoms with Gasteiger partial charge in [0, 0.05) is 29.1 Å². The molecule has 2 rings (SSSR count). The highest BCUT2D eigenvalue weighted by Crippen LogP contribution is 2.24. The molecule has 0 aliphatic rings. The Morgan fingerprint density at radius 3 is 2.88 bits per heavy atom. The van der Waals surface area contributed by atoms with Crippen LogP contribution in [0.15, 0.2) is 33.6 Å². The van der Waals surface area contributed by atoms with E-state index in [1.165, 1.54) is 0 Å². The summed E-state index contributed by atoms with van der Waals surface area (Å²) in [6, 6.07) is 6.23. The molecule has 1 heterocycles. The van der Waals surface area contributed by atoms with Gasteiger partial charge in [-0.15, -0.1) is 11.3 Å². The molecule has 0 aliphatic heterocycles. The van der Waals surface area contributed by atoms with Crippen LogP contribution >= 0.6 is 27.3 Å². The first kappa shape index (κ1) is 12.5. The summed E-state index contributed by atoms with van der Waals surface area (Å²) >= 11 is 5.16. The zero-order chi connectivity index (χ0) is 12.3. The number of hydrogen-bond acceptors (Lipinski definition) is 4. The van der Waals surface area contributed by atoms with Crippen molar-refractivity contribution in [3.8, 4) is 0 Å². The molecule has 2 aromatic rings. The molecule has 0 aliphatic carbocycles. The van der Waals surface area contributed by atoms with E-state index in [9.17, 15) is 0 Å². The van der Waals surface area contributed by atoms with Crippen molar-refractivity contribution in [2.75, 3.05) is 11.9 Å². The second-order valence-corrected chi connectivity index (χ2v) is 5.39. The monoisotopic (exact) mass is 311 g/mol. The molecule has 90 valence electrons. The van der Waals surface area contributed by atoms with E-state index in [1.54, 1.807) is 11.3 Å². The first-order valence-electron chi connectivity index (χ1n) is 5.27. The van der Waals surface area contributed by atoms with Crippen LogP contribution in [0.25, 0.3) is 0 Å². The van der Waals surface area contributed by atoms with Crippen LogP contribution in [0, 0.1) is 0 Å². The minimum Gasteiger partial charge on any atom is -0.369 e. The molecule has 1 aromatic carbocycles. The highest BCUT2D eigenvalue weighted by atomic mass is 79.9. The third-order valence-electron chi connectivity index (χ3n) is 2.58. The summed E-state index contributed by atoms with van der Waals surface area (Å²) in [5.41, 5.74) is 10.9. The van der Waals surface area contributed by atoms with Gasteiger partial charge in [0.2, 0.25) is 0 Å². The average Bonchev–Trinajstić information content (AvgIpc) is 2.81. The molecular weight excluding hydrogens is 298 g/mol. The van der Waals surface area contributed by atoms with E-state index in [0.29, 0.717) is 6.54 Å². The van der Waals surface area contributed by atoms with E-state index >= 15 is 0 Å². The zero-order valence-corrected chi connectivity index (χ0v) is 12.0. The van der Waals surface area contributed by atoms with Crippen LogP contribution in [0.3, 0.4) is 0 Å². The number of rotatable bonds is 4. The quantitative estimate of drug-likeness (QED) is 0.944. The molecule has 3 nitrogen and oxygen atoms in total. The van der Waals surface area contributed by atoms with Crippen molar-refractivity contribution in [3.63, 3.8) is 0 Å². The van der Waals surface area contributed by atoms with Crippen LogP contribution in [0.5, 0.6) is 0 Å². The van der Waals surface area contributed by atoms with Crippen LogP contribution in [0.4, 0.5) is 5.69 Å². The predicted molar refractivity (Wildman–Crippen MR) is 76.3 cm³/mol. The Bertz CT molecular complexity index is 485. The molecule has 0 saturated heterocycles. The lowest BCUT2D eigenvalue weighted by Gasteiger charge is -2.19. The Labute approximate surface area is 113 Å². The summed E-state index contributed by atoms with van der Waals surface area (Å²) in [7, 11) is 2.06. The summed E-state index contributed by atoms with van der Waals surface area (Å²) in [5, 5.41) is 2.07. The first-order chi connectivity index (χ1) is 8.20. The maximum absolute atomic E-state index is 5.63. The second-order valence-electron chi connectivity index (χ2n) is 3.82. The highest BCUT2D eigenvalue weighted by molar-refractivity contribution is 9.10. The predicted octanol–water partition coefficient (Wildman–Crippen LogP) is 3.00. The van der Waals surface area contributed by atoms with Gasteiger partial charge in [0.15, 0.2) is 0 Å². The number of nitrogens with zero attached hydrogens (tertiary/aromatic N) is 2. The molecule has 0 unspecified atom stereocenters. The van der Waals surface area contributed by atoms with Crippen molar-refractivity contribution in [2.24, 2.45) is 5.73 Å². The summed E-state index contributed by atoms with van der Waals surface area (Å²) in [6.07, 6.45) is 0. The van der Waals surface area contributed by atoms with E-state index in [1.807, 2.05) is 5.51 Å². The Kier molecular flexibility index (Phi) is 4.15. The standard InChI is InChI=1S/C12H14BrN3S/c1-16(6-10-7-17-8-15-10)11-3-2-9(5-14)12(13)4-11/h2-4,7-8H,5-6,14H2,1H3. The molecule has 0 bridgehead atoms. The third-order valence-corrected chi connectivity index (χ3v) is 3.95. The molecule has 0 radical (unpaired) electrons. The zero-order valence-electron chi connectivity index (χ0n) is 9.56. The number of nitrogens with two attached hydrogens (primary N) is 1. The first-order valence-corrected chi connectivity index (χ1v) is 7.01. The fourth-order valence-electron chi connectivity index (χ4n) is 1.59. The van der Waals surface area contributed by atoms with E-state index in [4.69, 9.17) is 5.73 Å². The molecule has 0 saturated carbocycles. The molecule has 1 aromatic heterocycles. The molecular formula is C12H14BrN3S. The Hall–Kier alpha value is -0.910. The Morgan fingerprint density at radius 1 is 1.47 bits per heavy atom. The SMILES string of the molecule is CN(Cc1cscn1)c1ccc(CN)c(Br)c1. The Morgan fingerprint density at radius 2 is 2.29 bits per heavy atom. The fraction of sp³-hybridized carbons (Fsp3) is 0.250. The van der Waals surface area contributed by atoms with Gasteiger partial charge >= 0.3 is 0 Å². The van der Waals surface area contributed by atoms with Gasteiger partial charge in [0.05, 0.1) is 17.7 Å². The van der Waals surface area contributed by atoms with Gasteiger partial charge in [-0.3, -0.25) is 0 Å². The van der Waals surface area contributed by atoms with Gasteiger partial charge in [-0.05, 0) is 17.7 Å². The Balaban J connectivity index is 2.14. The van der Waals surface area contributed by atoms with Crippen LogP contribution in [0.1, 0.15) is 11.3 Å². The number of benzene rings is 1. The number of halogens is 1. The van der Waals surface area contributed by atoms with E-state index < -0.39 is 0 Å². The van der Waals surface area contributed by atoms with E-state index in [-0.39, 0.29) is 0 Å². The highest BCUT2D eigenvalue weighted by Gasteiger charge is 2.06. The van der Waals surface area contributed by atoms with Crippen molar-refractivity contribution in [1.82, 2.24) is 4.98 Å². The van der Waals surface area contributed by atoms with Crippen molar-refractivity contribution in [3.05, 3.63) is 44.8 Å². The van der Waals surface area contributed by atoms with Crippen molar-refractivity contribution in [2.45, 2.75) is 13.1 Å². The molecule has 5 heteroatoms. The maximum atomic E-state index is 5.63. The topological polar surface area (TPSA) is 42.2 Å². The number of aromatic nitrogens is 1. The largest absolute Gasteiger partial charge is 0.369 e. The second kappa shape index (κ2) is 5.62. The van der Waals surface area contributed by atoms with Gasteiger partial charge in [-0.1, -0.05) is 22.0 Å². The van der Waals surface area contributed by atoms with Crippen molar-refractivity contribution < 1.29 is 0 Å². The summed E-state index contributed by atoms with van der Waals surface area (Å²) in [4.78, 5) is 6.45. The van der Waals surface area contributed by atoms with Crippen LogP contribution in [0.2, 0.25) is 0 Å². The maximum Gasteiger partial charge on any atom is 0.0795 e. The van der Waals surface area contributed by atoms with E-state index in [0.717, 1.165) is 28.0 Å². The molecule has 17 heavy (non-hydrogen) atoms. The van der Waals surface area contributed by atoms with Crippen LogP contribution in [-0.4, -0.2) is 12.0 Å². The lowest BCUT2D eigenvalue weighted by Crippen LogP contribution is -2.16. The molecule has 0 atom stereocenters. The number of thiazole rings is 1. The van der Waals surface area contributed by atoms with Crippen LogP contribution < -0.4 is 10.6 Å². The summed E-state index contributed by atoms with van der Waals surface area (Å²) in [5.74, 6) is 0. The molecule has 0 spiro atoms. The van der Waals surface area contributed by atoms with Gasteiger partial charge in [-0.2, -0.15) is 0 Å².